The fourth-order valence-electron chi connectivity index (χ4n) is 0.949. The standard InChI is InChI=1S/C9H16IN/c1-2-3-4-5-6-7-8-9-11-10/h1,11H,3-9H2. The Morgan fingerprint density at radius 1 is 1.09 bits per heavy atom. The molecule has 0 aliphatic rings. The lowest BCUT2D eigenvalue weighted by molar-refractivity contribution is 0.621. The van der Waals surface area contributed by atoms with Gasteiger partial charge in [0.25, 0.3) is 0 Å². The van der Waals surface area contributed by atoms with Crippen molar-refractivity contribution in [1.29, 1.82) is 0 Å². The first-order chi connectivity index (χ1) is 5.41. The van der Waals surface area contributed by atoms with Gasteiger partial charge < -0.3 is 0 Å². The van der Waals surface area contributed by atoms with E-state index in [9.17, 15) is 0 Å². The number of hydrogen-bond acceptors (Lipinski definition) is 1. The summed E-state index contributed by atoms with van der Waals surface area (Å²) in [5, 5.41) is 0. The molecule has 0 aliphatic heterocycles. The van der Waals surface area contributed by atoms with E-state index < -0.39 is 0 Å². The minimum atomic E-state index is 0.949. The number of unbranched alkanes of at least 4 members (excludes halogenated alkanes) is 5. The maximum Gasteiger partial charge on any atom is 0.0169 e. The molecule has 1 nitrogen and oxygen atoms in total. The Morgan fingerprint density at radius 3 is 2.36 bits per heavy atom. The minimum absolute atomic E-state index is 0.949. The van der Waals surface area contributed by atoms with Crippen molar-refractivity contribution in [3.05, 3.63) is 0 Å². The molecule has 0 amide bonds. The largest absolute Gasteiger partial charge is 0.261 e. The summed E-state index contributed by atoms with van der Waals surface area (Å²) >= 11 is 2.19. The third-order valence-electron chi connectivity index (χ3n) is 1.59. The second-order valence-electron chi connectivity index (χ2n) is 2.61. The van der Waals surface area contributed by atoms with Gasteiger partial charge in [0, 0.05) is 35.8 Å². The normalized spacial score (nSPS) is 9.45. The fourth-order valence-corrected chi connectivity index (χ4v) is 1.33. The summed E-state index contributed by atoms with van der Waals surface area (Å²) in [6.45, 7) is 1.13. The highest BCUT2D eigenvalue weighted by Crippen LogP contribution is 2.04. The molecule has 0 spiro atoms. The van der Waals surface area contributed by atoms with Gasteiger partial charge in [0.05, 0.1) is 0 Å². The number of rotatable bonds is 7. The third kappa shape index (κ3) is 10.2. The Morgan fingerprint density at radius 2 is 1.73 bits per heavy atom. The zero-order valence-electron chi connectivity index (χ0n) is 6.91. The summed E-state index contributed by atoms with van der Waals surface area (Å²) in [6.07, 6.45) is 12.5. The van der Waals surface area contributed by atoms with E-state index in [1.54, 1.807) is 0 Å². The first-order valence-corrected chi connectivity index (χ1v) is 5.26. The van der Waals surface area contributed by atoms with Gasteiger partial charge in [0.1, 0.15) is 0 Å². The van der Waals surface area contributed by atoms with Crippen LogP contribution in [0.25, 0.3) is 0 Å². The Hall–Kier alpha value is 0.250. The lowest BCUT2D eigenvalue weighted by Gasteiger charge is -1.97. The Bertz CT molecular complexity index is 107. The van der Waals surface area contributed by atoms with Crippen LogP contribution >= 0.6 is 22.9 Å². The van der Waals surface area contributed by atoms with Crippen LogP contribution in [0.1, 0.15) is 38.5 Å². The fraction of sp³-hybridized carbons (Fsp3) is 0.778. The van der Waals surface area contributed by atoms with Gasteiger partial charge >= 0.3 is 0 Å². The van der Waals surface area contributed by atoms with E-state index in [4.69, 9.17) is 6.42 Å². The molecule has 0 radical (unpaired) electrons. The van der Waals surface area contributed by atoms with Crippen molar-refractivity contribution >= 4 is 22.9 Å². The van der Waals surface area contributed by atoms with E-state index in [1.807, 2.05) is 0 Å². The summed E-state index contributed by atoms with van der Waals surface area (Å²) in [4.78, 5) is 0. The summed E-state index contributed by atoms with van der Waals surface area (Å²) in [6, 6.07) is 0. The Balaban J connectivity index is 2.75. The molecular formula is C9H16IN. The van der Waals surface area contributed by atoms with Gasteiger partial charge in [-0.25, -0.2) is 0 Å². The molecule has 0 aliphatic carbocycles. The maximum atomic E-state index is 5.13. The summed E-state index contributed by atoms with van der Waals surface area (Å²) in [5.74, 6) is 2.66. The van der Waals surface area contributed by atoms with Gasteiger partial charge in [-0.15, -0.1) is 12.3 Å². The monoisotopic (exact) mass is 265 g/mol. The lowest BCUT2D eigenvalue weighted by Crippen LogP contribution is -1.98. The minimum Gasteiger partial charge on any atom is -0.261 e. The zero-order valence-corrected chi connectivity index (χ0v) is 9.06. The van der Waals surface area contributed by atoms with Gasteiger partial charge in [-0.3, -0.25) is 3.53 Å². The first-order valence-electron chi connectivity index (χ1n) is 4.18. The van der Waals surface area contributed by atoms with Crippen LogP contribution < -0.4 is 3.53 Å². The average molecular weight is 265 g/mol. The van der Waals surface area contributed by atoms with Crippen LogP contribution in [0, 0.1) is 12.3 Å². The van der Waals surface area contributed by atoms with Crippen molar-refractivity contribution in [3.8, 4) is 12.3 Å². The van der Waals surface area contributed by atoms with Crippen molar-refractivity contribution < 1.29 is 0 Å². The predicted octanol–water partition coefficient (Wildman–Crippen LogP) is 2.90. The van der Waals surface area contributed by atoms with Crippen LogP contribution in [-0.2, 0) is 0 Å². The van der Waals surface area contributed by atoms with E-state index in [2.05, 4.69) is 32.3 Å². The molecule has 1 N–H and O–H groups in total. The van der Waals surface area contributed by atoms with Crippen LogP contribution in [0.5, 0.6) is 0 Å². The second kappa shape index (κ2) is 10.2. The van der Waals surface area contributed by atoms with E-state index in [0.717, 1.165) is 13.0 Å². The summed E-state index contributed by atoms with van der Waals surface area (Å²) < 4.78 is 3.11. The third-order valence-corrected chi connectivity index (χ3v) is 2.13. The number of halogens is 1. The van der Waals surface area contributed by atoms with Crippen LogP contribution in [0.4, 0.5) is 0 Å². The van der Waals surface area contributed by atoms with Gasteiger partial charge in [-0.2, -0.15) is 0 Å². The van der Waals surface area contributed by atoms with Gasteiger partial charge in [0.15, 0.2) is 0 Å². The molecule has 11 heavy (non-hydrogen) atoms. The number of nitrogens with one attached hydrogen (secondary N) is 1. The molecular weight excluding hydrogens is 249 g/mol. The molecule has 64 valence electrons. The van der Waals surface area contributed by atoms with Gasteiger partial charge in [0.2, 0.25) is 0 Å². The van der Waals surface area contributed by atoms with E-state index in [1.165, 1.54) is 32.1 Å². The summed E-state index contributed by atoms with van der Waals surface area (Å²) in [7, 11) is 0. The molecule has 0 unspecified atom stereocenters. The topological polar surface area (TPSA) is 12.0 Å². The molecule has 0 heterocycles. The zero-order chi connectivity index (χ0) is 8.36. The highest BCUT2D eigenvalue weighted by Gasteiger charge is 1.88. The molecule has 0 bridgehead atoms. The van der Waals surface area contributed by atoms with Crippen LogP contribution in [-0.4, -0.2) is 6.54 Å². The smallest absolute Gasteiger partial charge is 0.0169 e. The maximum absolute atomic E-state index is 5.13. The summed E-state index contributed by atoms with van der Waals surface area (Å²) in [5.41, 5.74) is 0. The molecule has 0 aromatic carbocycles. The quantitative estimate of drug-likeness (QED) is 0.323. The predicted molar refractivity (Wildman–Crippen MR) is 58.6 cm³/mol. The Kier molecular flexibility index (Phi) is 10.5. The van der Waals surface area contributed by atoms with Crippen molar-refractivity contribution in [3.63, 3.8) is 0 Å². The average Bonchev–Trinajstić information content (AvgIpc) is 2.03. The second-order valence-corrected chi connectivity index (χ2v) is 3.37. The molecule has 0 aromatic rings. The molecule has 0 rings (SSSR count). The van der Waals surface area contributed by atoms with Crippen molar-refractivity contribution in [2.45, 2.75) is 38.5 Å². The van der Waals surface area contributed by atoms with Gasteiger partial charge in [-0.05, 0) is 12.8 Å². The van der Waals surface area contributed by atoms with Crippen LogP contribution in [0.3, 0.4) is 0 Å². The van der Waals surface area contributed by atoms with Crippen molar-refractivity contribution in [2.24, 2.45) is 0 Å². The van der Waals surface area contributed by atoms with E-state index in [-0.39, 0.29) is 0 Å². The molecule has 0 saturated carbocycles. The SMILES string of the molecule is C#CCCCCCCCNI. The number of terminal acetylenes is 1. The van der Waals surface area contributed by atoms with Crippen molar-refractivity contribution in [2.75, 3.05) is 6.54 Å². The first kappa shape index (κ1) is 11.2. The lowest BCUT2D eigenvalue weighted by atomic mass is 10.1. The number of hydrogen-bond donors (Lipinski definition) is 1. The van der Waals surface area contributed by atoms with Crippen LogP contribution in [0.2, 0.25) is 0 Å². The molecule has 0 atom stereocenters. The highest BCUT2D eigenvalue weighted by molar-refractivity contribution is 14.1. The van der Waals surface area contributed by atoms with Gasteiger partial charge in [-0.1, -0.05) is 19.3 Å². The highest BCUT2D eigenvalue weighted by atomic mass is 127. The molecule has 2 heteroatoms. The molecule has 0 fully saturated rings. The molecule has 0 aromatic heterocycles. The van der Waals surface area contributed by atoms with Crippen LogP contribution in [0.15, 0.2) is 0 Å². The van der Waals surface area contributed by atoms with Crippen molar-refractivity contribution in [1.82, 2.24) is 3.53 Å². The van der Waals surface area contributed by atoms with E-state index in [0.29, 0.717) is 0 Å². The Labute approximate surface area is 83.8 Å². The molecule has 0 saturated heterocycles. The van der Waals surface area contributed by atoms with E-state index >= 15 is 0 Å².